The fourth-order valence-corrected chi connectivity index (χ4v) is 3.23. The maximum absolute atomic E-state index is 12.2. The van der Waals surface area contributed by atoms with Gasteiger partial charge in [-0.25, -0.2) is 4.79 Å². The Bertz CT molecular complexity index is 559. The molecule has 6 heteroatoms. The third-order valence-corrected chi connectivity index (χ3v) is 4.58. The van der Waals surface area contributed by atoms with E-state index in [0.29, 0.717) is 13.1 Å². The molecule has 0 aliphatic carbocycles. The number of likely N-dealkylation sites (tertiary alicyclic amines) is 1. The van der Waals surface area contributed by atoms with Gasteiger partial charge in [-0.15, -0.1) is 0 Å². The third kappa shape index (κ3) is 3.37. The second-order valence-electron chi connectivity index (χ2n) is 5.66. The molecule has 1 fully saturated rings. The van der Waals surface area contributed by atoms with Crippen LogP contribution in [-0.4, -0.2) is 35.1 Å². The molecule has 1 aromatic rings. The molecule has 1 heterocycles. The number of urea groups is 1. The van der Waals surface area contributed by atoms with E-state index in [1.165, 1.54) is 0 Å². The molecule has 114 valence electrons. The van der Waals surface area contributed by atoms with Crippen LogP contribution < -0.4 is 5.32 Å². The van der Waals surface area contributed by atoms with Crippen LogP contribution in [0.2, 0.25) is 0 Å². The summed E-state index contributed by atoms with van der Waals surface area (Å²) in [4.78, 5) is 24.7. The zero-order valence-electron chi connectivity index (χ0n) is 12.3. The Morgan fingerprint density at radius 3 is 2.52 bits per heavy atom. The van der Waals surface area contributed by atoms with E-state index in [2.05, 4.69) is 21.2 Å². The number of carbonyl (C=O) groups is 2. The number of hydrogen-bond acceptors (Lipinski definition) is 2. The third-order valence-electron chi connectivity index (χ3n) is 3.96. The molecule has 1 saturated heterocycles. The maximum Gasteiger partial charge on any atom is 0.321 e. The number of rotatable bonds is 3. The van der Waals surface area contributed by atoms with Crippen molar-refractivity contribution in [3.8, 4) is 0 Å². The number of amides is 2. The summed E-state index contributed by atoms with van der Waals surface area (Å²) in [5, 5.41) is 11.8. The maximum atomic E-state index is 12.2. The molecule has 2 rings (SSSR count). The van der Waals surface area contributed by atoms with Crippen molar-refractivity contribution in [1.82, 2.24) is 4.90 Å². The van der Waals surface area contributed by atoms with Crippen LogP contribution in [0.1, 0.15) is 18.1 Å². The molecular formula is C15H19BrN2O3. The molecule has 21 heavy (non-hydrogen) atoms. The molecule has 0 saturated carbocycles. The van der Waals surface area contributed by atoms with Crippen LogP contribution >= 0.6 is 15.9 Å². The molecule has 1 aliphatic heterocycles. The van der Waals surface area contributed by atoms with Crippen LogP contribution in [0.4, 0.5) is 10.5 Å². The van der Waals surface area contributed by atoms with E-state index < -0.39 is 11.9 Å². The molecule has 0 spiro atoms. The summed E-state index contributed by atoms with van der Waals surface area (Å²) in [7, 11) is 0. The standard InChI is InChI=1S/C15H19BrN2O3/c1-8-4-9(2)13(12(16)5-8)17-15(21)18-6-11(7-18)10(3)14(19)20/h4-5,10-11H,6-7H2,1-3H3,(H,17,21)(H,19,20). The zero-order chi connectivity index (χ0) is 15.7. The molecule has 1 unspecified atom stereocenters. The number of aryl methyl sites for hydroxylation is 2. The van der Waals surface area contributed by atoms with Gasteiger partial charge in [0.25, 0.3) is 0 Å². The predicted molar refractivity (Wildman–Crippen MR) is 84.5 cm³/mol. The minimum atomic E-state index is -0.808. The number of aliphatic carboxylic acids is 1. The van der Waals surface area contributed by atoms with Gasteiger partial charge in [0.2, 0.25) is 0 Å². The summed E-state index contributed by atoms with van der Waals surface area (Å²) in [5.74, 6) is -1.19. The van der Waals surface area contributed by atoms with Gasteiger partial charge in [-0.05, 0) is 47.0 Å². The van der Waals surface area contributed by atoms with Gasteiger partial charge in [0.15, 0.2) is 0 Å². The van der Waals surface area contributed by atoms with Crippen molar-refractivity contribution in [2.75, 3.05) is 18.4 Å². The molecule has 1 aliphatic rings. The number of hydrogen-bond donors (Lipinski definition) is 2. The van der Waals surface area contributed by atoms with Crippen LogP contribution in [-0.2, 0) is 4.79 Å². The Morgan fingerprint density at radius 2 is 2.00 bits per heavy atom. The summed E-state index contributed by atoms with van der Waals surface area (Å²) in [6.45, 7) is 6.60. The van der Waals surface area contributed by atoms with Crippen molar-refractivity contribution >= 4 is 33.6 Å². The van der Waals surface area contributed by atoms with E-state index in [-0.39, 0.29) is 11.9 Å². The van der Waals surface area contributed by atoms with Crippen LogP contribution in [0.25, 0.3) is 0 Å². The summed E-state index contributed by atoms with van der Waals surface area (Å²) < 4.78 is 0.851. The van der Waals surface area contributed by atoms with Gasteiger partial charge in [-0.2, -0.15) is 0 Å². The number of benzene rings is 1. The highest BCUT2D eigenvalue weighted by molar-refractivity contribution is 9.10. The normalized spacial score (nSPS) is 16.3. The topological polar surface area (TPSA) is 69.6 Å². The smallest absolute Gasteiger partial charge is 0.321 e. The van der Waals surface area contributed by atoms with Gasteiger partial charge < -0.3 is 15.3 Å². The number of nitrogens with one attached hydrogen (secondary N) is 1. The summed E-state index contributed by atoms with van der Waals surface area (Å²) in [6, 6.07) is 3.77. The van der Waals surface area contributed by atoms with Gasteiger partial charge in [0, 0.05) is 23.5 Å². The second-order valence-corrected chi connectivity index (χ2v) is 6.52. The van der Waals surface area contributed by atoms with Crippen LogP contribution in [0.5, 0.6) is 0 Å². The van der Waals surface area contributed by atoms with Gasteiger partial charge in [0.1, 0.15) is 0 Å². The van der Waals surface area contributed by atoms with Crippen LogP contribution in [0, 0.1) is 25.7 Å². The van der Waals surface area contributed by atoms with Crippen molar-refractivity contribution in [3.05, 3.63) is 27.7 Å². The van der Waals surface area contributed by atoms with E-state index in [4.69, 9.17) is 5.11 Å². The van der Waals surface area contributed by atoms with E-state index in [0.717, 1.165) is 21.3 Å². The van der Waals surface area contributed by atoms with E-state index in [9.17, 15) is 9.59 Å². The van der Waals surface area contributed by atoms with Crippen LogP contribution in [0.15, 0.2) is 16.6 Å². The molecule has 5 nitrogen and oxygen atoms in total. The highest BCUT2D eigenvalue weighted by atomic mass is 79.9. The first-order valence-corrected chi connectivity index (χ1v) is 7.64. The Hall–Kier alpha value is -1.56. The molecular weight excluding hydrogens is 336 g/mol. The number of halogens is 1. The molecule has 1 aromatic carbocycles. The molecule has 2 amide bonds. The SMILES string of the molecule is Cc1cc(C)c(NC(=O)N2CC(C(C)C(=O)O)C2)c(Br)c1. The highest BCUT2D eigenvalue weighted by Crippen LogP contribution is 2.30. The minimum absolute atomic E-state index is 0.0378. The van der Waals surface area contributed by atoms with Gasteiger partial charge in [0.05, 0.1) is 11.6 Å². The zero-order valence-corrected chi connectivity index (χ0v) is 13.9. The molecule has 1 atom stereocenters. The Morgan fingerprint density at radius 1 is 1.38 bits per heavy atom. The lowest BCUT2D eigenvalue weighted by Crippen LogP contribution is -2.54. The summed E-state index contributed by atoms with van der Waals surface area (Å²) in [6.07, 6.45) is 0. The Labute approximate surface area is 132 Å². The Balaban J connectivity index is 1.97. The molecule has 0 radical (unpaired) electrons. The number of carboxylic acids is 1. The monoisotopic (exact) mass is 354 g/mol. The van der Waals surface area contributed by atoms with Gasteiger partial charge >= 0.3 is 12.0 Å². The predicted octanol–water partition coefficient (Wildman–Crippen LogP) is 3.25. The largest absolute Gasteiger partial charge is 0.481 e. The summed E-state index contributed by atoms with van der Waals surface area (Å²) >= 11 is 3.46. The number of carbonyl (C=O) groups excluding carboxylic acids is 1. The average molecular weight is 355 g/mol. The van der Waals surface area contributed by atoms with Crippen molar-refractivity contribution in [2.45, 2.75) is 20.8 Å². The first-order valence-electron chi connectivity index (χ1n) is 6.85. The minimum Gasteiger partial charge on any atom is -0.481 e. The number of nitrogens with zero attached hydrogens (tertiary/aromatic N) is 1. The lowest BCUT2D eigenvalue weighted by molar-refractivity contribution is -0.144. The second kappa shape index (κ2) is 6.05. The fourth-order valence-electron chi connectivity index (χ4n) is 2.46. The van der Waals surface area contributed by atoms with Crippen LogP contribution in [0.3, 0.4) is 0 Å². The number of carboxylic acid groups (broad SMARTS) is 1. The molecule has 2 N–H and O–H groups in total. The fraction of sp³-hybridized carbons (Fsp3) is 0.467. The first kappa shape index (κ1) is 15.8. The van der Waals surface area contributed by atoms with Crippen molar-refractivity contribution < 1.29 is 14.7 Å². The highest BCUT2D eigenvalue weighted by Gasteiger charge is 2.37. The molecule has 0 aromatic heterocycles. The summed E-state index contributed by atoms with van der Waals surface area (Å²) in [5.41, 5.74) is 2.88. The van der Waals surface area contributed by atoms with Crippen molar-refractivity contribution in [1.29, 1.82) is 0 Å². The number of anilines is 1. The quantitative estimate of drug-likeness (QED) is 0.875. The lowest BCUT2D eigenvalue weighted by Gasteiger charge is -2.41. The van der Waals surface area contributed by atoms with Gasteiger partial charge in [-0.3, -0.25) is 4.79 Å². The van der Waals surface area contributed by atoms with E-state index in [1.54, 1.807) is 11.8 Å². The van der Waals surface area contributed by atoms with E-state index in [1.807, 2.05) is 26.0 Å². The van der Waals surface area contributed by atoms with Crippen molar-refractivity contribution in [2.24, 2.45) is 11.8 Å². The first-order chi connectivity index (χ1) is 9.79. The lowest BCUT2D eigenvalue weighted by atomic mass is 9.87. The van der Waals surface area contributed by atoms with E-state index >= 15 is 0 Å². The molecule has 0 bridgehead atoms. The van der Waals surface area contributed by atoms with Crippen molar-refractivity contribution in [3.63, 3.8) is 0 Å². The Kier molecular flexibility index (Phi) is 4.56. The average Bonchev–Trinajstić information content (AvgIpc) is 2.31. The van der Waals surface area contributed by atoms with Gasteiger partial charge in [-0.1, -0.05) is 13.0 Å².